The van der Waals surface area contributed by atoms with Crippen LogP contribution in [0.15, 0.2) is 18.2 Å². The van der Waals surface area contributed by atoms with E-state index in [1.165, 1.54) is 5.56 Å². The van der Waals surface area contributed by atoms with Crippen molar-refractivity contribution in [1.29, 1.82) is 0 Å². The molecular weight excluding hydrogens is 224 g/mol. The number of carbonyl (C=O) groups excluding carboxylic acids is 1. The van der Waals surface area contributed by atoms with Gasteiger partial charge in [0.15, 0.2) is 0 Å². The summed E-state index contributed by atoms with van der Waals surface area (Å²) in [6, 6.07) is 6.17. The normalized spacial score (nSPS) is 17.1. The van der Waals surface area contributed by atoms with Crippen LogP contribution in [-0.2, 0) is 11.2 Å². The maximum absolute atomic E-state index is 12.2. The molecule has 1 aromatic carbocycles. The summed E-state index contributed by atoms with van der Waals surface area (Å²) in [6.07, 6.45) is 0.941. The lowest BCUT2D eigenvalue weighted by atomic mass is 9.88. The molecule has 1 aliphatic heterocycles. The van der Waals surface area contributed by atoms with Gasteiger partial charge in [-0.2, -0.15) is 0 Å². The van der Waals surface area contributed by atoms with Crippen LogP contribution in [0.1, 0.15) is 25.0 Å². The zero-order valence-electron chi connectivity index (χ0n) is 11.4. The van der Waals surface area contributed by atoms with Gasteiger partial charge >= 0.3 is 0 Å². The van der Waals surface area contributed by atoms with Crippen LogP contribution in [0.3, 0.4) is 0 Å². The van der Waals surface area contributed by atoms with Crippen LogP contribution in [0.25, 0.3) is 0 Å². The Balaban J connectivity index is 2.10. The highest BCUT2D eigenvalue weighted by molar-refractivity contribution is 5.94. The lowest BCUT2D eigenvalue weighted by Gasteiger charge is -2.32. The number of carbonyl (C=O) groups is 1. The minimum Gasteiger partial charge on any atom is -0.325 e. The Hall–Kier alpha value is -1.35. The van der Waals surface area contributed by atoms with E-state index in [0.717, 1.165) is 30.8 Å². The molecule has 3 nitrogen and oxygen atoms in total. The average Bonchev–Trinajstić information content (AvgIpc) is 2.29. The maximum Gasteiger partial charge on any atom is 0.227 e. The van der Waals surface area contributed by atoms with Gasteiger partial charge in [-0.25, -0.2) is 0 Å². The van der Waals surface area contributed by atoms with Gasteiger partial charge in [0, 0.05) is 11.6 Å². The monoisotopic (exact) mass is 246 g/mol. The molecular formula is C15H22N2O. The fourth-order valence-corrected chi connectivity index (χ4v) is 2.32. The molecule has 1 amide bonds. The van der Waals surface area contributed by atoms with Gasteiger partial charge < -0.3 is 10.6 Å². The molecule has 98 valence electrons. The zero-order valence-corrected chi connectivity index (χ0v) is 11.4. The third-order valence-electron chi connectivity index (χ3n) is 3.92. The Bertz CT molecular complexity index is 438. The molecule has 1 atom stereocenters. The fourth-order valence-electron chi connectivity index (χ4n) is 2.32. The summed E-state index contributed by atoms with van der Waals surface area (Å²) in [5.41, 5.74) is 3.35. The molecule has 0 bridgehead atoms. The van der Waals surface area contributed by atoms with E-state index in [1.807, 2.05) is 26.0 Å². The number of anilines is 1. The first-order chi connectivity index (χ1) is 8.63. The van der Waals surface area contributed by atoms with E-state index in [1.54, 1.807) is 0 Å². The first-order valence-electron chi connectivity index (χ1n) is 6.73. The van der Waals surface area contributed by atoms with Crippen LogP contribution in [0, 0.1) is 18.8 Å². The van der Waals surface area contributed by atoms with Crippen molar-refractivity contribution in [3.8, 4) is 0 Å². The van der Waals surface area contributed by atoms with Crippen LogP contribution in [0.5, 0.6) is 0 Å². The molecule has 0 radical (unpaired) electrons. The summed E-state index contributed by atoms with van der Waals surface area (Å²) in [5, 5.41) is 6.33. The molecule has 2 rings (SSSR count). The molecule has 3 heteroatoms. The molecule has 1 heterocycles. The van der Waals surface area contributed by atoms with Gasteiger partial charge in [0.1, 0.15) is 0 Å². The van der Waals surface area contributed by atoms with Gasteiger partial charge in [0.25, 0.3) is 0 Å². The van der Waals surface area contributed by atoms with Crippen LogP contribution >= 0.6 is 0 Å². The SMILES string of the molecule is CCc1cccc(C)c1NC(=O)C(C)C1CNC1. The van der Waals surface area contributed by atoms with Crippen molar-refractivity contribution in [3.05, 3.63) is 29.3 Å². The quantitative estimate of drug-likeness (QED) is 0.856. The molecule has 1 aliphatic rings. The van der Waals surface area contributed by atoms with Crippen molar-refractivity contribution < 1.29 is 4.79 Å². The third-order valence-corrected chi connectivity index (χ3v) is 3.92. The van der Waals surface area contributed by atoms with E-state index in [-0.39, 0.29) is 11.8 Å². The van der Waals surface area contributed by atoms with Crippen molar-refractivity contribution >= 4 is 11.6 Å². The molecule has 1 aromatic rings. The summed E-state index contributed by atoms with van der Waals surface area (Å²) in [7, 11) is 0. The summed E-state index contributed by atoms with van der Waals surface area (Å²) in [4.78, 5) is 12.2. The smallest absolute Gasteiger partial charge is 0.227 e. The molecule has 1 unspecified atom stereocenters. The largest absolute Gasteiger partial charge is 0.325 e. The molecule has 0 aliphatic carbocycles. The first kappa shape index (κ1) is 13.1. The highest BCUT2D eigenvalue weighted by atomic mass is 16.1. The molecule has 0 aromatic heterocycles. The number of nitrogens with one attached hydrogen (secondary N) is 2. The second-order valence-corrected chi connectivity index (χ2v) is 5.16. The minimum absolute atomic E-state index is 0.0792. The molecule has 2 N–H and O–H groups in total. The van der Waals surface area contributed by atoms with Crippen molar-refractivity contribution in [2.45, 2.75) is 27.2 Å². The Morgan fingerprint density at radius 1 is 1.50 bits per heavy atom. The first-order valence-corrected chi connectivity index (χ1v) is 6.73. The van der Waals surface area contributed by atoms with Crippen LogP contribution in [-0.4, -0.2) is 19.0 Å². The van der Waals surface area contributed by atoms with Gasteiger partial charge in [-0.3, -0.25) is 4.79 Å². The number of amides is 1. The number of benzene rings is 1. The highest BCUT2D eigenvalue weighted by Gasteiger charge is 2.29. The Labute approximate surface area is 109 Å². The van der Waals surface area contributed by atoms with E-state index < -0.39 is 0 Å². The number of rotatable bonds is 4. The van der Waals surface area contributed by atoms with Gasteiger partial charge in [-0.1, -0.05) is 32.0 Å². The van der Waals surface area contributed by atoms with Gasteiger partial charge in [-0.15, -0.1) is 0 Å². The van der Waals surface area contributed by atoms with Crippen molar-refractivity contribution in [1.82, 2.24) is 5.32 Å². The van der Waals surface area contributed by atoms with E-state index in [0.29, 0.717) is 5.92 Å². The van der Waals surface area contributed by atoms with Crippen LogP contribution < -0.4 is 10.6 Å². The predicted molar refractivity (Wildman–Crippen MR) is 74.7 cm³/mol. The second-order valence-electron chi connectivity index (χ2n) is 5.16. The molecule has 0 saturated carbocycles. The summed E-state index contributed by atoms with van der Waals surface area (Å²) < 4.78 is 0. The summed E-state index contributed by atoms with van der Waals surface area (Å²) in [5.74, 6) is 0.708. The Kier molecular flexibility index (Phi) is 4.02. The summed E-state index contributed by atoms with van der Waals surface area (Å²) >= 11 is 0. The number of hydrogen-bond acceptors (Lipinski definition) is 2. The van der Waals surface area contributed by atoms with E-state index in [2.05, 4.69) is 23.6 Å². The van der Waals surface area contributed by atoms with E-state index in [9.17, 15) is 4.79 Å². The van der Waals surface area contributed by atoms with Gasteiger partial charge in [0.05, 0.1) is 0 Å². The highest BCUT2D eigenvalue weighted by Crippen LogP contribution is 2.24. The van der Waals surface area contributed by atoms with E-state index in [4.69, 9.17) is 0 Å². The molecule has 18 heavy (non-hydrogen) atoms. The van der Waals surface area contributed by atoms with Gasteiger partial charge in [-0.05, 0) is 43.5 Å². The standard InChI is InChI=1S/C15H22N2O/c1-4-12-7-5-6-10(2)14(12)17-15(18)11(3)13-8-16-9-13/h5-7,11,13,16H,4,8-9H2,1-3H3,(H,17,18). The molecule has 0 spiro atoms. The minimum atomic E-state index is 0.0792. The zero-order chi connectivity index (χ0) is 13.1. The van der Waals surface area contributed by atoms with E-state index >= 15 is 0 Å². The fraction of sp³-hybridized carbons (Fsp3) is 0.533. The van der Waals surface area contributed by atoms with Crippen molar-refractivity contribution in [2.75, 3.05) is 18.4 Å². The topological polar surface area (TPSA) is 41.1 Å². The predicted octanol–water partition coefficient (Wildman–Crippen LogP) is 2.35. The number of aryl methyl sites for hydroxylation is 2. The maximum atomic E-state index is 12.2. The second kappa shape index (κ2) is 5.53. The van der Waals surface area contributed by atoms with Crippen LogP contribution in [0.2, 0.25) is 0 Å². The molecule has 1 saturated heterocycles. The Morgan fingerprint density at radius 3 is 2.78 bits per heavy atom. The number of para-hydroxylation sites is 1. The van der Waals surface area contributed by atoms with Gasteiger partial charge in [0.2, 0.25) is 5.91 Å². The third kappa shape index (κ3) is 2.56. The average molecular weight is 246 g/mol. The lowest BCUT2D eigenvalue weighted by molar-refractivity contribution is -0.121. The molecule has 1 fully saturated rings. The Morgan fingerprint density at radius 2 is 2.22 bits per heavy atom. The van der Waals surface area contributed by atoms with Crippen LogP contribution in [0.4, 0.5) is 5.69 Å². The van der Waals surface area contributed by atoms with Crippen molar-refractivity contribution in [3.63, 3.8) is 0 Å². The lowest BCUT2D eigenvalue weighted by Crippen LogP contribution is -2.48. The van der Waals surface area contributed by atoms with Crippen molar-refractivity contribution in [2.24, 2.45) is 11.8 Å². The number of hydrogen-bond donors (Lipinski definition) is 2. The summed E-state index contributed by atoms with van der Waals surface area (Å²) in [6.45, 7) is 8.10.